The van der Waals surface area contributed by atoms with E-state index in [1.165, 1.54) is 17.1 Å². The molecule has 0 saturated heterocycles. The van der Waals surface area contributed by atoms with Crippen LogP contribution in [0.1, 0.15) is 0 Å². The first kappa shape index (κ1) is 7.73. The molecule has 0 fully saturated rings. The lowest BCUT2D eigenvalue weighted by Gasteiger charge is -2.14. The Labute approximate surface area is 75.8 Å². The third kappa shape index (κ3) is 1.24. The lowest BCUT2D eigenvalue weighted by atomic mass is 10.3. The molecule has 0 saturated carbocycles. The van der Waals surface area contributed by atoms with Crippen LogP contribution in [-0.2, 0) is 4.79 Å². The molecule has 1 amide bonds. The number of amides is 1. The van der Waals surface area contributed by atoms with E-state index in [4.69, 9.17) is 5.41 Å². The summed E-state index contributed by atoms with van der Waals surface area (Å²) in [5.41, 5.74) is 0.738. The Kier molecular flexibility index (Phi) is 1.70. The minimum Gasteiger partial charge on any atom is -0.284 e. The van der Waals surface area contributed by atoms with Crippen molar-refractivity contribution in [3.05, 3.63) is 42.5 Å². The molecule has 1 N–H and O–H groups in total. The molecule has 3 nitrogen and oxygen atoms in total. The number of nitrogens with one attached hydrogen (secondary N) is 1. The van der Waals surface area contributed by atoms with Crippen molar-refractivity contribution in [3.63, 3.8) is 0 Å². The molecule has 1 aromatic carbocycles. The van der Waals surface area contributed by atoms with Crippen LogP contribution in [0, 0.1) is 5.41 Å². The minimum atomic E-state index is -0.156. The van der Waals surface area contributed by atoms with Crippen molar-refractivity contribution in [2.45, 2.75) is 0 Å². The molecule has 64 valence electrons. The molecular weight excluding hydrogens is 164 g/mol. The molecule has 1 aliphatic heterocycles. The average Bonchev–Trinajstić information content (AvgIpc) is 2.48. The molecule has 13 heavy (non-hydrogen) atoms. The van der Waals surface area contributed by atoms with Crippen molar-refractivity contribution in [3.8, 4) is 0 Å². The van der Waals surface area contributed by atoms with Gasteiger partial charge < -0.3 is 0 Å². The molecule has 0 aliphatic carbocycles. The van der Waals surface area contributed by atoms with Gasteiger partial charge in [0.05, 0.1) is 5.69 Å². The summed E-state index contributed by atoms with van der Waals surface area (Å²) in [6.07, 6.45) is 2.89. The highest BCUT2D eigenvalue weighted by atomic mass is 16.2. The van der Waals surface area contributed by atoms with Crippen LogP contribution in [0.25, 0.3) is 0 Å². The van der Waals surface area contributed by atoms with Crippen LogP contribution >= 0.6 is 0 Å². The summed E-state index contributed by atoms with van der Waals surface area (Å²) >= 11 is 0. The first-order valence-electron chi connectivity index (χ1n) is 3.95. The molecule has 0 aromatic heterocycles. The van der Waals surface area contributed by atoms with Gasteiger partial charge in [0, 0.05) is 6.08 Å². The van der Waals surface area contributed by atoms with E-state index in [1.54, 1.807) is 12.1 Å². The normalized spacial score (nSPS) is 15.5. The lowest BCUT2D eigenvalue weighted by molar-refractivity contribution is -0.113. The summed E-state index contributed by atoms with van der Waals surface area (Å²) in [4.78, 5) is 12.6. The zero-order valence-corrected chi connectivity index (χ0v) is 6.90. The molecule has 0 radical (unpaired) electrons. The smallest absolute Gasteiger partial charge is 0.256 e. The van der Waals surface area contributed by atoms with Gasteiger partial charge in [-0.25, -0.2) is 0 Å². The van der Waals surface area contributed by atoms with E-state index in [0.29, 0.717) is 0 Å². The number of carbonyl (C=O) groups is 1. The van der Waals surface area contributed by atoms with Gasteiger partial charge in [0.25, 0.3) is 5.91 Å². The van der Waals surface area contributed by atoms with Crippen LogP contribution in [0.2, 0.25) is 0 Å². The molecule has 0 bridgehead atoms. The second-order valence-electron chi connectivity index (χ2n) is 2.73. The number of benzene rings is 1. The summed E-state index contributed by atoms with van der Waals surface area (Å²) in [7, 11) is 0. The highest BCUT2D eigenvalue weighted by Crippen LogP contribution is 2.17. The number of amidine groups is 1. The number of carbonyl (C=O) groups excluding carboxylic acids is 1. The number of anilines is 1. The fourth-order valence-electron chi connectivity index (χ4n) is 1.26. The number of hydrogen-bond donors (Lipinski definition) is 1. The first-order valence-corrected chi connectivity index (χ1v) is 3.95. The predicted octanol–water partition coefficient (Wildman–Crippen LogP) is 1.57. The maximum atomic E-state index is 11.3. The van der Waals surface area contributed by atoms with Crippen molar-refractivity contribution in [1.82, 2.24) is 0 Å². The molecule has 0 spiro atoms. The van der Waals surface area contributed by atoms with E-state index < -0.39 is 0 Å². The van der Waals surface area contributed by atoms with Gasteiger partial charge in [-0.2, -0.15) is 0 Å². The minimum absolute atomic E-state index is 0.156. The van der Waals surface area contributed by atoms with Crippen molar-refractivity contribution >= 4 is 17.4 Å². The van der Waals surface area contributed by atoms with E-state index in [1.807, 2.05) is 18.2 Å². The van der Waals surface area contributed by atoms with Crippen molar-refractivity contribution < 1.29 is 4.79 Å². The van der Waals surface area contributed by atoms with Gasteiger partial charge in [-0.15, -0.1) is 0 Å². The van der Waals surface area contributed by atoms with Gasteiger partial charge in [0.15, 0.2) is 0 Å². The van der Waals surface area contributed by atoms with E-state index in [0.717, 1.165) is 5.69 Å². The molecule has 2 rings (SSSR count). The Hall–Kier alpha value is -1.90. The molecule has 0 atom stereocenters. The van der Waals surface area contributed by atoms with E-state index in [2.05, 4.69) is 0 Å². The highest BCUT2D eigenvalue weighted by molar-refractivity contribution is 6.29. The SMILES string of the molecule is N=C1C=CC(=O)N1c1ccccc1. The Morgan fingerprint density at radius 1 is 1.08 bits per heavy atom. The van der Waals surface area contributed by atoms with E-state index in [-0.39, 0.29) is 11.7 Å². The van der Waals surface area contributed by atoms with Crippen LogP contribution in [0.3, 0.4) is 0 Å². The molecular formula is C10H8N2O. The monoisotopic (exact) mass is 172 g/mol. The molecule has 1 aliphatic rings. The van der Waals surface area contributed by atoms with Gasteiger partial charge in [-0.1, -0.05) is 18.2 Å². The molecule has 1 heterocycles. The molecule has 0 unspecified atom stereocenters. The van der Waals surface area contributed by atoms with Gasteiger partial charge in [-0.3, -0.25) is 15.1 Å². The van der Waals surface area contributed by atoms with Crippen LogP contribution in [-0.4, -0.2) is 11.7 Å². The van der Waals surface area contributed by atoms with E-state index >= 15 is 0 Å². The molecule has 3 heteroatoms. The molecule has 1 aromatic rings. The Bertz CT molecular complexity index is 363. The number of hydrogen-bond acceptors (Lipinski definition) is 2. The topological polar surface area (TPSA) is 44.2 Å². The van der Waals surface area contributed by atoms with Crippen LogP contribution < -0.4 is 4.90 Å². The van der Waals surface area contributed by atoms with Gasteiger partial charge in [0.1, 0.15) is 5.84 Å². The first-order chi connectivity index (χ1) is 6.29. The van der Waals surface area contributed by atoms with Crippen LogP contribution in [0.4, 0.5) is 5.69 Å². The Morgan fingerprint density at radius 2 is 1.77 bits per heavy atom. The fourth-order valence-corrected chi connectivity index (χ4v) is 1.26. The zero-order valence-electron chi connectivity index (χ0n) is 6.90. The second-order valence-corrected chi connectivity index (χ2v) is 2.73. The predicted molar refractivity (Wildman–Crippen MR) is 50.8 cm³/mol. The summed E-state index contributed by atoms with van der Waals surface area (Å²) in [6, 6.07) is 9.17. The maximum Gasteiger partial charge on any atom is 0.256 e. The number of rotatable bonds is 1. The van der Waals surface area contributed by atoms with Gasteiger partial charge >= 0.3 is 0 Å². The number of nitrogens with zero attached hydrogens (tertiary/aromatic N) is 1. The summed E-state index contributed by atoms with van der Waals surface area (Å²) in [6.45, 7) is 0. The lowest BCUT2D eigenvalue weighted by Crippen LogP contribution is -2.28. The van der Waals surface area contributed by atoms with Crippen molar-refractivity contribution in [1.29, 1.82) is 5.41 Å². The third-order valence-corrected chi connectivity index (χ3v) is 1.86. The summed E-state index contributed by atoms with van der Waals surface area (Å²) in [5, 5.41) is 7.49. The standard InChI is InChI=1S/C10H8N2O/c11-9-6-7-10(13)12(9)8-4-2-1-3-5-8/h1-7,11H. The third-order valence-electron chi connectivity index (χ3n) is 1.86. The van der Waals surface area contributed by atoms with Crippen LogP contribution in [0.5, 0.6) is 0 Å². The quantitative estimate of drug-likeness (QED) is 0.686. The zero-order chi connectivity index (χ0) is 9.26. The van der Waals surface area contributed by atoms with Gasteiger partial charge in [-0.05, 0) is 18.2 Å². The van der Waals surface area contributed by atoms with Crippen LogP contribution in [0.15, 0.2) is 42.5 Å². The summed E-state index contributed by atoms with van der Waals surface area (Å²) < 4.78 is 0. The van der Waals surface area contributed by atoms with Gasteiger partial charge in [0.2, 0.25) is 0 Å². The van der Waals surface area contributed by atoms with Crippen molar-refractivity contribution in [2.24, 2.45) is 0 Å². The van der Waals surface area contributed by atoms with Crippen molar-refractivity contribution in [2.75, 3.05) is 4.90 Å². The highest BCUT2D eigenvalue weighted by Gasteiger charge is 2.21. The summed E-state index contributed by atoms with van der Waals surface area (Å²) in [5.74, 6) is 0.0624. The average molecular weight is 172 g/mol. The Morgan fingerprint density at radius 3 is 2.31 bits per heavy atom. The maximum absolute atomic E-state index is 11.3. The second kappa shape index (κ2) is 2.86. The Balaban J connectivity index is 2.38. The fraction of sp³-hybridized carbons (Fsp3) is 0. The van der Waals surface area contributed by atoms with E-state index in [9.17, 15) is 4.79 Å². The number of para-hydroxylation sites is 1. The largest absolute Gasteiger partial charge is 0.284 e.